The van der Waals surface area contributed by atoms with Gasteiger partial charge in [0.05, 0.1) is 18.7 Å². The third-order valence-electron chi connectivity index (χ3n) is 4.47. The minimum Gasteiger partial charge on any atom is -0.445 e. The predicted molar refractivity (Wildman–Crippen MR) is 101 cm³/mol. The highest BCUT2D eigenvalue weighted by molar-refractivity contribution is 5.69. The molecule has 1 fully saturated rings. The molecule has 1 aromatic carbocycles. The van der Waals surface area contributed by atoms with Gasteiger partial charge in [-0.25, -0.2) is 9.59 Å². The zero-order valence-electron chi connectivity index (χ0n) is 16.8. The van der Waals surface area contributed by atoms with E-state index in [2.05, 4.69) is 0 Å². The fourth-order valence-corrected chi connectivity index (χ4v) is 3.03. The molecule has 1 aromatic rings. The molecule has 27 heavy (non-hydrogen) atoms. The summed E-state index contributed by atoms with van der Waals surface area (Å²) in [5, 5.41) is 0. The molecular formula is C20H30N2O5. The number of nitrogens with zero attached hydrogens (tertiary/aromatic N) is 2. The molecular weight excluding hydrogens is 348 g/mol. The Morgan fingerprint density at radius 2 is 1.89 bits per heavy atom. The van der Waals surface area contributed by atoms with Gasteiger partial charge >= 0.3 is 12.2 Å². The molecule has 0 saturated carbocycles. The number of carbonyl (C=O) groups is 2. The van der Waals surface area contributed by atoms with Crippen LogP contribution in [0.4, 0.5) is 9.59 Å². The lowest BCUT2D eigenvalue weighted by molar-refractivity contribution is -0.0399. The van der Waals surface area contributed by atoms with E-state index in [1.807, 2.05) is 51.1 Å². The molecule has 0 aromatic heterocycles. The van der Waals surface area contributed by atoms with Crippen molar-refractivity contribution < 1.29 is 23.8 Å². The Morgan fingerprint density at radius 1 is 1.22 bits per heavy atom. The van der Waals surface area contributed by atoms with Gasteiger partial charge in [-0.2, -0.15) is 0 Å². The second kappa shape index (κ2) is 9.08. The van der Waals surface area contributed by atoms with Gasteiger partial charge in [-0.1, -0.05) is 30.3 Å². The van der Waals surface area contributed by atoms with E-state index in [9.17, 15) is 9.59 Å². The summed E-state index contributed by atoms with van der Waals surface area (Å²) in [5.41, 5.74) is 0.386. The van der Waals surface area contributed by atoms with Crippen molar-refractivity contribution >= 4 is 12.2 Å². The lowest BCUT2D eigenvalue weighted by Gasteiger charge is -2.41. The van der Waals surface area contributed by atoms with Crippen molar-refractivity contribution in [1.82, 2.24) is 9.80 Å². The van der Waals surface area contributed by atoms with Crippen molar-refractivity contribution in [3.8, 4) is 0 Å². The van der Waals surface area contributed by atoms with E-state index < -0.39 is 11.7 Å². The number of piperidine rings is 1. The topological polar surface area (TPSA) is 68.3 Å². The molecule has 0 radical (unpaired) electrons. The number of carbonyl (C=O) groups excluding carboxylic acids is 2. The molecule has 1 aliphatic rings. The fourth-order valence-electron chi connectivity index (χ4n) is 3.03. The van der Waals surface area contributed by atoms with Crippen LogP contribution in [0, 0.1) is 0 Å². The Bertz CT molecular complexity index is 629. The first-order valence-electron chi connectivity index (χ1n) is 9.15. The molecule has 0 unspecified atom stereocenters. The van der Waals surface area contributed by atoms with E-state index in [0.29, 0.717) is 19.5 Å². The Morgan fingerprint density at radius 3 is 2.48 bits per heavy atom. The fraction of sp³-hybridized carbons (Fsp3) is 0.600. The molecule has 0 spiro atoms. The Balaban J connectivity index is 1.91. The summed E-state index contributed by atoms with van der Waals surface area (Å²) < 4.78 is 16.4. The monoisotopic (exact) mass is 378 g/mol. The molecule has 0 bridgehead atoms. The zero-order chi connectivity index (χ0) is 20.0. The SMILES string of the molecule is CO[C@H]1CN(C(=O)OC(C)(C)C)CC[C@H]1N(C)C(=O)OCc1ccccc1. The van der Waals surface area contributed by atoms with Gasteiger partial charge in [0, 0.05) is 20.7 Å². The van der Waals surface area contributed by atoms with E-state index in [1.165, 1.54) is 0 Å². The third-order valence-corrected chi connectivity index (χ3v) is 4.47. The molecule has 150 valence electrons. The first-order chi connectivity index (χ1) is 12.7. The molecule has 2 amide bonds. The maximum atomic E-state index is 12.4. The molecule has 2 atom stereocenters. The van der Waals surface area contributed by atoms with Gasteiger partial charge in [0.2, 0.25) is 0 Å². The summed E-state index contributed by atoms with van der Waals surface area (Å²) in [6.45, 7) is 6.59. The molecule has 1 saturated heterocycles. The minimum absolute atomic E-state index is 0.169. The second-order valence-electron chi connectivity index (χ2n) is 7.71. The number of rotatable bonds is 4. The quantitative estimate of drug-likeness (QED) is 0.804. The van der Waals surface area contributed by atoms with Gasteiger partial charge in [0.15, 0.2) is 0 Å². The Hall–Kier alpha value is -2.28. The normalized spacial score (nSPS) is 20.1. The predicted octanol–water partition coefficient (Wildman–Crippen LogP) is 3.28. The molecule has 7 heteroatoms. The number of methoxy groups -OCH3 is 1. The molecule has 1 heterocycles. The lowest BCUT2D eigenvalue weighted by atomic mass is 10.0. The van der Waals surface area contributed by atoms with Crippen LogP contribution < -0.4 is 0 Å². The van der Waals surface area contributed by atoms with Crippen LogP contribution in [0.1, 0.15) is 32.8 Å². The number of ether oxygens (including phenoxy) is 3. The summed E-state index contributed by atoms with van der Waals surface area (Å²) >= 11 is 0. The van der Waals surface area contributed by atoms with Crippen molar-refractivity contribution in [3.63, 3.8) is 0 Å². The maximum absolute atomic E-state index is 12.4. The third kappa shape index (κ3) is 6.13. The van der Waals surface area contributed by atoms with E-state index in [1.54, 1.807) is 24.0 Å². The second-order valence-corrected chi connectivity index (χ2v) is 7.71. The first kappa shape index (κ1) is 21.0. The van der Waals surface area contributed by atoms with Crippen LogP contribution in [0.2, 0.25) is 0 Å². The highest BCUT2D eigenvalue weighted by atomic mass is 16.6. The van der Waals surface area contributed by atoms with Crippen molar-refractivity contribution in [2.75, 3.05) is 27.2 Å². The highest BCUT2D eigenvalue weighted by Gasteiger charge is 2.37. The first-order valence-corrected chi connectivity index (χ1v) is 9.15. The van der Waals surface area contributed by atoms with Crippen LogP contribution in [0.25, 0.3) is 0 Å². The maximum Gasteiger partial charge on any atom is 0.410 e. The number of hydrogen-bond acceptors (Lipinski definition) is 5. The van der Waals surface area contributed by atoms with Crippen molar-refractivity contribution in [1.29, 1.82) is 0 Å². The summed E-state index contributed by atoms with van der Waals surface area (Å²) in [6.07, 6.45) is -0.483. The highest BCUT2D eigenvalue weighted by Crippen LogP contribution is 2.21. The van der Waals surface area contributed by atoms with Gasteiger partial charge in [0.1, 0.15) is 12.2 Å². The van der Waals surface area contributed by atoms with Crippen LogP contribution >= 0.6 is 0 Å². The largest absolute Gasteiger partial charge is 0.445 e. The molecule has 1 aliphatic heterocycles. The minimum atomic E-state index is -0.547. The van der Waals surface area contributed by atoms with Gasteiger partial charge in [-0.05, 0) is 32.8 Å². The average molecular weight is 378 g/mol. The molecule has 2 rings (SSSR count). The van der Waals surface area contributed by atoms with Crippen molar-refractivity contribution in [2.24, 2.45) is 0 Å². The van der Waals surface area contributed by atoms with Gasteiger partial charge in [-0.15, -0.1) is 0 Å². The lowest BCUT2D eigenvalue weighted by Crippen LogP contribution is -2.57. The van der Waals surface area contributed by atoms with Gasteiger partial charge < -0.3 is 24.0 Å². The summed E-state index contributed by atoms with van der Waals surface area (Å²) in [5.74, 6) is 0. The Labute approximate surface area is 161 Å². The standard InChI is InChI=1S/C20H30N2O5/c1-20(2,3)27-19(24)22-12-11-16(17(13-22)25-5)21(4)18(23)26-14-15-9-7-6-8-10-15/h6-10,16-17H,11-14H2,1-5H3/t16-,17+/m1/s1. The van der Waals surface area contributed by atoms with Crippen molar-refractivity contribution in [2.45, 2.75) is 51.5 Å². The van der Waals surface area contributed by atoms with Crippen LogP contribution in [-0.2, 0) is 20.8 Å². The van der Waals surface area contributed by atoms with E-state index in [-0.39, 0.29) is 24.8 Å². The van der Waals surface area contributed by atoms with Gasteiger partial charge in [-0.3, -0.25) is 0 Å². The zero-order valence-corrected chi connectivity index (χ0v) is 16.8. The van der Waals surface area contributed by atoms with Gasteiger partial charge in [0.25, 0.3) is 0 Å². The van der Waals surface area contributed by atoms with Crippen LogP contribution in [0.3, 0.4) is 0 Å². The smallest absolute Gasteiger partial charge is 0.410 e. The summed E-state index contributed by atoms with van der Waals surface area (Å²) in [6, 6.07) is 9.37. The summed E-state index contributed by atoms with van der Waals surface area (Å²) in [4.78, 5) is 27.9. The van der Waals surface area contributed by atoms with E-state index >= 15 is 0 Å². The van der Waals surface area contributed by atoms with E-state index in [4.69, 9.17) is 14.2 Å². The average Bonchev–Trinajstić information content (AvgIpc) is 2.64. The van der Waals surface area contributed by atoms with Crippen molar-refractivity contribution in [3.05, 3.63) is 35.9 Å². The number of likely N-dealkylation sites (N-methyl/N-ethyl adjacent to an activating group) is 1. The number of benzene rings is 1. The van der Waals surface area contributed by atoms with Crippen LogP contribution in [0.5, 0.6) is 0 Å². The number of amides is 2. The van der Waals surface area contributed by atoms with Crippen LogP contribution in [0.15, 0.2) is 30.3 Å². The Kier molecular flexibility index (Phi) is 7.07. The molecule has 0 aliphatic carbocycles. The number of hydrogen-bond donors (Lipinski definition) is 0. The van der Waals surface area contributed by atoms with E-state index in [0.717, 1.165) is 5.56 Å². The van der Waals surface area contributed by atoms with Crippen LogP contribution in [-0.4, -0.2) is 67.0 Å². The molecule has 7 nitrogen and oxygen atoms in total. The number of likely N-dealkylation sites (tertiary alicyclic amines) is 1. The summed E-state index contributed by atoms with van der Waals surface area (Å²) in [7, 11) is 3.28. The molecule has 0 N–H and O–H groups in total.